The molecule has 1 saturated heterocycles. The minimum Gasteiger partial charge on any atom is -0.395 e. The molecule has 238 valence electrons. The highest BCUT2D eigenvalue weighted by atomic mass is 32.1. The molecule has 0 bridgehead atoms. The van der Waals surface area contributed by atoms with Crippen LogP contribution in [0, 0.1) is 0 Å². The number of benzene rings is 3. The second-order valence-electron chi connectivity index (χ2n) is 11.5. The van der Waals surface area contributed by atoms with Gasteiger partial charge in [-0.05, 0) is 54.4 Å². The maximum Gasteiger partial charge on any atom is 0.227 e. The van der Waals surface area contributed by atoms with Gasteiger partial charge in [0.05, 0.1) is 18.0 Å². The van der Waals surface area contributed by atoms with Crippen LogP contribution >= 0.6 is 11.3 Å². The summed E-state index contributed by atoms with van der Waals surface area (Å²) in [5.74, 6) is 0.459. The summed E-state index contributed by atoms with van der Waals surface area (Å²) in [6.45, 7) is 4.70. The lowest BCUT2D eigenvalue weighted by Gasteiger charge is -2.35. The van der Waals surface area contributed by atoms with Crippen molar-refractivity contribution in [3.63, 3.8) is 0 Å². The van der Waals surface area contributed by atoms with Crippen molar-refractivity contribution in [2.45, 2.75) is 12.8 Å². The molecule has 6 aromatic rings. The Bertz CT molecular complexity index is 1950. The van der Waals surface area contributed by atoms with E-state index in [1.54, 1.807) is 17.5 Å². The number of hydrogen-bond acceptors (Lipinski definition) is 9. The Balaban J connectivity index is 1.08. The van der Waals surface area contributed by atoms with Crippen molar-refractivity contribution in [3.05, 3.63) is 108 Å². The fraction of sp³-hybridized carbons (Fsp3) is 0.222. The van der Waals surface area contributed by atoms with Crippen molar-refractivity contribution in [3.8, 4) is 22.6 Å². The summed E-state index contributed by atoms with van der Waals surface area (Å²) in [7, 11) is 0. The minimum atomic E-state index is -0.0304. The van der Waals surface area contributed by atoms with Gasteiger partial charge in [0.2, 0.25) is 11.9 Å². The molecule has 0 aliphatic carbocycles. The van der Waals surface area contributed by atoms with Gasteiger partial charge in [0.25, 0.3) is 0 Å². The zero-order valence-corrected chi connectivity index (χ0v) is 26.7. The van der Waals surface area contributed by atoms with Crippen molar-refractivity contribution in [2.75, 3.05) is 54.9 Å². The van der Waals surface area contributed by atoms with E-state index in [0.717, 1.165) is 77.3 Å². The van der Waals surface area contributed by atoms with Crippen LogP contribution in [0.5, 0.6) is 0 Å². The van der Waals surface area contributed by atoms with E-state index in [2.05, 4.69) is 37.6 Å². The second kappa shape index (κ2) is 14.1. The molecule has 0 unspecified atom stereocenters. The van der Waals surface area contributed by atoms with Crippen LogP contribution in [0.25, 0.3) is 27.6 Å². The van der Waals surface area contributed by atoms with Gasteiger partial charge in [-0.1, -0.05) is 42.5 Å². The largest absolute Gasteiger partial charge is 0.395 e. The van der Waals surface area contributed by atoms with Crippen LogP contribution in [-0.4, -0.2) is 74.6 Å². The second-order valence-corrected chi connectivity index (χ2v) is 12.3. The van der Waals surface area contributed by atoms with E-state index in [1.165, 1.54) is 5.69 Å². The van der Waals surface area contributed by atoms with E-state index in [4.69, 9.17) is 9.97 Å². The molecular weight excluding hydrogens is 609 g/mol. The number of piperazine rings is 1. The monoisotopic (exact) mass is 644 g/mol. The first kappa shape index (κ1) is 30.5. The number of hydrogen-bond donors (Lipinski definition) is 3. The summed E-state index contributed by atoms with van der Waals surface area (Å²) in [6.07, 6.45) is 4.84. The molecule has 3 aromatic heterocycles. The molecule has 4 heterocycles. The Morgan fingerprint density at radius 1 is 0.894 bits per heavy atom. The fourth-order valence-corrected chi connectivity index (χ4v) is 6.62. The number of aromatic nitrogens is 4. The molecule has 1 aliphatic rings. The molecular formula is C36H36N8O2S. The molecule has 1 amide bonds. The Hall–Kier alpha value is -5.10. The number of thiazole rings is 1. The lowest BCUT2D eigenvalue weighted by atomic mass is 10.1. The first-order valence-electron chi connectivity index (χ1n) is 15.8. The van der Waals surface area contributed by atoms with Crippen LogP contribution in [0.3, 0.4) is 0 Å². The van der Waals surface area contributed by atoms with Gasteiger partial charge in [-0.3, -0.25) is 14.1 Å². The van der Waals surface area contributed by atoms with E-state index in [1.807, 2.05) is 88.8 Å². The molecule has 47 heavy (non-hydrogen) atoms. The third-order valence-electron chi connectivity index (χ3n) is 8.34. The maximum atomic E-state index is 12.8. The third kappa shape index (κ3) is 7.17. The maximum absolute atomic E-state index is 12.8. The van der Waals surface area contributed by atoms with E-state index >= 15 is 0 Å². The number of nitrogens with one attached hydrogen (secondary N) is 2. The van der Waals surface area contributed by atoms with Gasteiger partial charge in [0, 0.05) is 79.5 Å². The highest BCUT2D eigenvalue weighted by Gasteiger charge is 2.20. The zero-order chi connectivity index (χ0) is 32.0. The van der Waals surface area contributed by atoms with Crippen molar-refractivity contribution >= 4 is 45.2 Å². The number of anilines is 4. The van der Waals surface area contributed by atoms with Gasteiger partial charge in [0.15, 0.2) is 4.96 Å². The number of imidazole rings is 1. The fourth-order valence-electron chi connectivity index (χ4n) is 5.91. The molecule has 11 heteroatoms. The van der Waals surface area contributed by atoms with Gasteiger partial charge in [-0.25, -0.2) is 15.0 Å². The van der Waals surface area contributed by atoms with Gasteiger partial charge < -0.3 is 20.6 Å². The number of aliphatic hydroxyl groups is 1. The Morgan fingerprint density at radius 3 is 2.53 bits per heavy atom. The Kier molecular flexibility index (Phi) is 9.18. The van der Waals surface area contributed by atoms with Crippen LogP contribution in [-0.2, 0) is 11.2 Å². The number of aryl methyl sites for hydroxylation is 1. The van der Waals surface area contributed by atoms with Gasteiger partial charge in [-0.2, -0.15) is 0 Å². The quantitative estimate of drug-likeness (QED) is 0.159. The predicted octanol–water partition coefficient (Wildman–Crippen LogP) is 5.95. The van der Waals surface area contributed by atoms with Crippen LogP contribution in [0.1, 0.15) is 12.0 Å². The lowest BCUT2D eigenvalue weighted by molar-refractivity contribution is -0.116. The molecule has 0 spiro atoms. The van der Waals surface area contributed by atoms with E-state index < -0.39 is 0 Å². The summed E-state index contributed by atoms with van der Waals surface area (Å²) in [4.78, 5) is 32.7. The number of carbonyl (C=O) groups is 1. The number of β-amino-alcohol motifs (C(OH)–C–C–N with tert-alkyl or cyclic N) is 1. The molecule has 1 aliphatic heterocycles. The molecule has 3 N–H and O–H groups in total. The summed E-state index contributed by atoms with van der Waals surface area (Å²) in [6, 6.07) is 28.1. The predicted molar refractivity (Wildman–Crippen MR) is 188 cm³/mol. The molecule has 1 fully saturated rings. The SMILES string of the molecule is O=C(CCc1ccccc1)Nc1cccc(-c2nc3sccn3c2-c2ccnc(Nc3ccc(N4CCN(CCO)CC4)cc3)n2)c1. The lowest BCUT2D eigenvalue weighted by Crippen LogP contribution is -2.47. The van der Waals surface area contributed by atoms with Gasteiger partial charge >= 0.3 is 0 Å². The van der Waals surface area contributed by atoms with Crippen LogP contribution < -0.4 is 15.5 Å². The van der Waals surface area contributed by atoms with Crippen molar-refractivity contribution < 1.29 is 9.90 Å². The first-order valence-corrected chi connectivity index (χ1v) is 16.7. The molecule has 7 rings (SSSR count). The number of carbonyl (C=O) groups excluding carboxylic acids is 1. The van der Waals surface area contributed by atoms with Gasteiger partial charge in [0.1, 0.15) is 5.69 Å². The molecule has 10 nitrogen and oxygen atoms in total. The molecule has 0 radical (unpaired) electrons. The Labute approximate surface area is 277 Å². The minimum absolute atomic E-state index is 0.0304. The number of aliphatic hydroxyl groups excluding tert-OH is 1. The third-order valence-corrected chi connectivity index (χ3v) is 9.10. The first-order chi connectivity index (χ1) is 23.1. The van der Waals surface area contributed by atoms with Gasteiger partial charge in [-0.15, -0.1) is 11.3 Å². The van der Waals surface area contributed by atoms with Crippen LogP contribution in [0.15, 0.2) is 103 Å². The molecule has 0 saturated carbocycles. The molecule has 0 atom stereocenters. The Morgan fingerprint density at radius 2 is 1.72 bits per heavy atom. The smallest absolute Gasteiger partial charge is 0.227 e. The highest BCUT2D eigenvalue weighted by molar-refractivity contribution is 7.15. The zero-order valence-electron chi connectivity index (χ0n) is 25.9. The van der Waals surface area contributed by atoms with Crippen LogP contribution in [0.4, 0.5) is 23.0 Å². The van der Waals surface area contributed by atoms with Crippen molar-refractivity contribution in [1.82, 2.24) is 24.3 Å². The summed E-state index contributed by atoms with van der Waals surface area (Å²) < 4.78 is 2.05. The number of amides is 1. The summed E-state index contributed by atoms with van der Waals surface area (Å²) in [5.41, 5.74) is 7.20. The van der Waals surface area contributed by atoms with Crippen LogP contribution in [0.2, 0.25) is 0 Å². The van der Waals surface area contributed by atoms with Crippen molar-refractivity contribution in [2.24, 2.45) is 0 Å². The topological polar surface area (TPSA) is 111 Å². The summed E-state index contributed by atoms with van der Waals surface area (Å²) >= 11 is 1.56. The van der Waals surface area contributed by atoms with Crippen molar-refractivity contribution in [1.29, 1.82) is 0 Å². The number of fused-ring (bicyclic) bond motifs is 1. The average Bonchev–Trinajstić information content (AvgIpc) is 3.71. The normalized spacial score (nSPS) is 13.6. The molecule has 3 aromatic carbocycles. The summed E-state index contributed by atoms with van der Waals surface area (Å²) in [5, 5.41) is 17.6. The van der Waals surface area contributed by atoms with E-state index in [-0.39, 0.29) is 12.5 Å². The standard InChI is InChI=1S/C36H36N8O2S/c45-23-21-42-17-19-43(20-18-42)30-12-10-28(11-13-30)39-35-37-16-15-31(40-35)34-33(41-36-44(34)22-24-47-36)27-7-4-8-29(25-27)38-32(46)14-9-26-5-2-1-3-6-26/h1-8,10-13,15-16,22,24-25,45H,9,14,17-21,23H2,(H,38,46)(H,37,39,40). The average molecular weight is 645 g/mol. The van der Waals surface area contributed by atoms with E-state index in [9.17, 15) is 9.90 Å². The number of nitrogens with zero attached hydrogens (tertiary/aromatic N) is 6. The highest BCUT2D eigenvalue weighted by Crippen LogP contribution is 2.35. The van der Waals surface area contributed by atoms with E-state index in [0.29, 0.717) is 18.8 Å². The number of rotatable bonds is 11.